The first-order valence-electron chi connectivity index (χ1n) is 7.70. The molecule has 0 saturated heterocycles. The summed E-state index contributed by atoms with van der Waals surface area (Å²) in [7, 11) is 0. The molecule has 0 radical (unpaired) electrons. The highest BCUT2D eigenvalue weighted by Gasteiger charge is 2.17. The van der Waals surface area contributed by atoms with Crippen LogP contribution in [0.4, 0.5) is 0 Å². The second kappa shape index (κ2) is 7.57. The van der Waals surface area contributed by atoms with Crippen LogP contribution in [0.25, 0.3) is 0 Å². The molecule has 0 unspecified atom stereocenters. The van der Waals surface area contributed by atoms with E-state index in [4.69, 9.17) is 14.2 Å². The SMILES string of the molecule is CCN(Cc1ccc2c(c1)OCO2)C(=O)COc1cccc(Br)c1. The lowest BCUT2D eigenvalue weighted by Gasteiger charge is -2.21. The van der Waals surface area contributed by atoms with Crippen molar-refractivity contribution in [3.63, 3.8) is 0 Å². The molecule has 3 rings (SSSR count). The Balaban J connectivity index is 1.60. The van der Waals surface area contributed by atoms with Crippen LogP contribution >= 0.6 is 15.9 Å². The Morgan fingerprint density at radius 1 is 1.21 bits per heavy atom. The zero-order chi connectivity index (χ0) is 16.9. The second-order valence-electron chi connectivity index (χ2n) is 5.34. The topological polar surface area (TPSA) is 48.0 Å². The molecular weight excluding hydrogens is 374 g/mol. The smallest absolute Gasteiger partial charge is 0.260 e. The molecule has 0 N–H and O–H groups in total. The number of hydrogen-bond acceptors (Lipinski definition) is 4. The number of rotatable bonds is 6. The van der Waals surface area contributed by atoms with Crippen molar-refractivity contribution in [2.75, 3.05) is 19.9 Å². The van der Waals surface area contributed by atoms with Gasteiger partial charge in [0.05, 0.1) is 0 Å². The van der Waals surface area contributed by atoms with Gasteiger partial charge in [-0.2, -0.15) is 0 Å². The summed E-state index contributed by atoms with van der Waals surface area (Å²) in [6.45, 7) is 3.32. The van der Waals surface area contributed by atoms with Crippen LogP contribution in [-0.4, -0.2) is 30.8 Å². The van der Waals surface area contributed by atoms with Crippen molar-refractivity contribution in [1.82, 2.24) is 4.90 Å². The molecular formula is C18H18BrNO4. The van der Waals surface area contributed by atoms with Crippen LogP contribution < -0.4 is 14.2 Å². The Labute approximate surface area is 149 Å². The van der Waals surface area contributed by atoms with Gasteiger partial charge in [-0.05, 0) is 42.8 Å². The predicted octanol–water partition coefficient (Wildman–Crippen LogP) is 3.61. The minimum atomic E-state index is -0.0601. The zero-order valence-corrected chi connectivity index (χ0v) is 14.9. The summed E-state index contributed by atoms with van der Waals surface area (Å²) in [4.78, 5) is 14.1. The van der Waals surface area contributed by atoms with E-state index in [0.29, 0.717) is 18.8 Å². The van der Waals surface area contributed by atoms with Gasteiger partial charge in [0.15, 0.2) is 18.1 Å². The van der Waals surface area contributed by atoms with Gasteiger partial charge in [0.2, 0.25) is 6.79 Å². The van der Waals surface area contributed by atoms with Crippen molar-refractivity contribution in [2.24, 2.45) is 0 Å². The Kier molecular flexibility index (Phi) is 5.25. The minimum Gasteiger partial charge on any atom is -0.484 e. The van der Waals surface area contributed by atoms with Crippen LogP contribution in [0.5, 0.6) is 17.2 Å². The van der Waals surface area contributed by atoms with E-state index in [9.17, 15) is 4.79 Å². The van der Waals surface area contributed by atoms with E-state index in [0.717, 1.165) is 21.5 Å². The molecule has 1 aliphatic heterocycles. The molecule has 2 aromatic carbocycles. The first kappa shape index (κ1) is 16.6. The molecule has 5 nitrogen and oxygen atoms in total. The number of likely N-dealkylation sites (N-methyl/N-ethyl adjacent to an activating group) is 1. The molecule has 0 bridgehead atoms. The third-order valence-electron chi connectivity index (χ3n) is 3.70. The number of benzene rings is 2. The fourth-order valence-electron chi connectivity index (χ4n) is 2.43. The first-order chi connectivity index (χ1) is 11.7. The lowest BCUT2D eigenvalue weighted by molar-refractivity contribution is -0.133. The fourth-order valence-corrected chi connectivity index (χ4v) is 2.81. The Bertz CT molecular complexity index is 735. The maximum absolute atomic E-state index is 12.4. The second-order valence-corrected chi connectivity index (χ2v) is 6.26. The molecule has 1 aliphatic rings. The molecule has 0 atom stereocenters. The zero-order valence-electron chi connectivity index (χ0n) is 13.3. The number of fused-ring (bicyclic) bond motifs is 1. The van der Waals surface area contributed by atoms with Gasteiger partial charge in [-0.1, -0.05) is 28.1 Å². The molecule has 1 heterocycles. The molecule has 0 saturated carbocycles. The number of ether oxygens (including phenoxy) is 3. The minimum absolute atomic E-state index is 0.00877. The Morgan fingerprint density at radius 2 is 2.04 bits per heavy atom. The van der Waals surface area contributed by atoms with Gasteiger partial charge in [-0.25, -0.2) is 0 Å². The lowest BCUT2D eigenvalue weighted by Crippen LogP contribution is -2.34. The van der Waals surface area contributed by atoms with E-state index in [-0.39, 0.29) is 19.3 Å². The first-order valence-corrected chi connectivity index (χ1v) is 8.49. The number of carbonyl (C=O) groups excluding carboxylic acids is 1. The average molecular weight is 392 g/mol. The molecule has 2 aromatic rings. The van der Waals surface area contributed by atoms with Crippen molar-refractivity contribution >= 4 is 21.8 Å². The van der Waals surface area contributed by atoms with Crippen molar-refractivity contribution in [3.05, 3.63) is 52.5 Å². The fraction of sp³-hybridized carbons (Fsp3) is 0.278. The number of halogens is 1. The summed E-state index contributed by atoms with van der Waals surface area (Å²) < 4.78 is 17.2. The van der Waals surface area contributed by atoms with E-state index in [2.05, 4.69) is 15.9 Å². The van der Waals surface area contributed by atoms with Crippen LogP contribution in [0.3, 0.4) is 0 Å². The number of carbonyl (C=O) groups is 1. The lowest BCUT2D eigenvalue weighted by atomic mass is 10.2. The van der Waals surface area contributed by atoms with Crippen molar-refractivity contribution in [1.29, 1.82) is 0 Å². The highest BCUT2D eigenvalue weighted by molar-refractivity contribution is 9.10. The summed E-state index contributed by atoms with van der Waals surface area (Å²) in [5.74, 6) is 2.07. The summed E-state index contributed by atoms with van der Waals surface area (Å²) in [6.07, 6.45) is 0. The van der Waals surface area contributed by atoms with E-state index in [1.165, 1.54) is 0 Å². The summed E-state index contributed by atoms with van der Waals surface area (Å²) in [5, 5.41) is 0. The normalized spacial score (nSPS) is 12.1. The molecule has 1 amide bonds. The summed E-state index contributed by atoms with van der Waals surface area (Å²) in [6, 6.07) is 13.2. The maximum Gasteiger partial charge on any atom is 0.260 e. The Hall–Kier alpha value is -2.21. The van der Waals surface area contributed by atoms with E-state index >= 15 is 0 Å². The van der Waals surface area contributed by atoms with Gasteiger partial charge in [0, 0.05) is 17.6 Å². The van der Waals surface area contributed by atoms with Crippen LogP contribution in [0.2, 0.25) is 0 Å². The van der Waals surface area contributed by atoms with E-state index in [1.807, 2.05) is 49.4 Å². The highest BCUT2D eigenvalue weighted by Crippen LogP contribution is 2.32. The van der Waals surface area contributed by atoms with Crippen molar-refractivity contribution in [3.8, 4) is 17.2 Å². The summed E-state index contributed by atoms with van der Waals surface area (Å²) >= 11 is 3.38. The van der Waals surface area contributed by atoms with E-state index in [1.54, 1.807) is 4.90 Å². The summed E-state index contributed by atoms with van der Waals surface area (Å²) in [5.41, 5.74) is 0.997. The molecule has 24 heavy (non-hydrogen) atoms. The molecule has 0 spiro atoms. The quantitative estimate of drug-likeness (QED) is 0.754. The van der Waals surface area contributed by atoms with Crippen LogP contribution in [0.15, 0.2) is 46.9 Å². The standard InChI is InChI=1S/C18H18BrNO4/c1-2-20(10-13-6-7-16-17(8-13)24-12-23-16)18(21)11-22-15-5-3-4-14(19)9-15/h3-9H,2,10-12H2,1H3. The predicted molar refractivity (Wildman–Crippen MR) is 93.3 cm³/mol. The number of hydrogen-bond donors (Lipinski definition) is 0. The van der Waals surface area contributed by atoms with Gasteiger partial charge in [0.25, 0.3) is 5.91 Å². The number of amides is 1. The number of nitrogens with zero attached hydrogens (tertiary/aromatic N) is 1. The molecule has 0 fully saturated rings. The third-order valence-corrected chi connectivity index (χ3v) is 4.20. The van der Waals surface area contributed by atoms with Gasteiger partial charge >= 0.3 is 0 Å². The molecule has 0 aliphatic carbocycles. The third kappa shape index (κ3) is 4.00. The Morgan fingerprint density at radius 3 is 2.83 bits per heavy atom. The highest BCUT2D eigenvalue weighted by atomic mass is 79.9. The van der Waals surface area contributed by atoms with Gasteiger partial charge in [-0.3, -0.25) is 4.79 Å². The molecule has 126 valence electrons. The average Bonchev–Trinajstić information content (AvgIpc) is 3.05. The van der Waals surface area contributed by atoms with Crippen LogP contribution in [0, 0.1) is 0 Å². The monoisotopic (exact) mass is 391 g/mol. The van der Waals surface area contributed by atoms with E-state index < -0.39 is 0 Å². The van der Waals surface area contributed by atoms with Crippen LogP contribution in [-0.2, 0) is 11.3 Å². The maximum atomic E-state index is 12.4. The van der Waals surface area contributed by atoms with Gasteiger partial charge in [-0.15, -0.1) is 0 Å². The van der Waals surface area contributed by atoms with Gasteiger partial charge < -0.3 is 19.1 Å². The molecule has 0 aromatic heterocycles. The van der Waals surface area contributed by atoms with Crippen molar-refractivity contribution < 1.29 is 19.0 Å². The van der Waals surface area contributed by atoms with Crippen molar-refractivity contribution in [2.45, 2.75) is 13.5 Å². The van der Waals surface area contributed by atoms with Crippen LogP contribution in [0.1, 0.15) is 12.5 Å². The largest absolute Gasteiger partial charge is 0.484 e. The van der Waals surface area contributed by atoms with Gasteiger partial charge in [0.1, 0.15) is 5.75 Å². The molecule has 6 heteroatoms.